The number of imidazole rings is 1. The Morgan fingerprint density at radius 2 is 1.77 bits per heavy atom. The van der Waals surface area contributed by atoms with Gasteiger partial charge < -0.3 is 14.7 Å². The number of aromatic nitrogens is 4. The number of ether oxygens (including phenoxy) is 1. The maximum absolute atomic E-state index is 6.37. The van der Waals surface area contributed by atoms with Crippen molar-refractivity contribution >= 4 is 54.1 Å². The van der Waals surface area contributed by atoms with E-state index in [9.17, 15) is 0 Å². The molecule has 0 atom stereocenters. The van der Waals surface area contributed by atoms with Crippen LogP contribution in [0.4, 0.5) is 0 Å². The molecule has 7 aromatic rings. The predicted molar refractivity (Wildman–Crippen MR) is 162 cm³/mol. The molecule has 5 heterocycles. The van der Waals surface area contributed by atoms with Gasteiger partial charge in [-0.25, -0.2) is 4.98 Å². The number of hydrogen-bond donors (Lipinski definition) is 2. The van der Waals surface area contributed by atoms with Crippen molar-refractivity contribution in [1.82, 2.24) is 19.9 Å². The minimum atomic E-state index is 0.323. The lowest BCUT2D eigenvalue weighted by atomic mass is 10.0. The number of nitrogens with zero attached hydrogens (tertiary/aromatic N) is 2. The zero-order chi connectivity index (χ0) is 26.4. The number of H-pyrrole nitrogens is 2. The summed E-state index contributed by atoms with van der Waals surface area (Å²) in [6.45, 7) is 9.38. The summed E-state index contributed by atoms with van der Waals surface area (Å²) in [6.07, 6.45) is 1.87. The molecule has 192 valence electrons. The summed E-state index contributed by atoms with van der Waals surface area (Å²) in [5.74, 6) is 2.77. The molecule has 3 aromatic carbocycles. The molecule has 2 N–H and O–H groups in total. The predicted octanol–water partition coefficient (Wildman–Crippen LogP) is 9.28. The van der Waals surface area contributed by atoms with E-state index in [1.807, 2.05) is 12.3 Å². The van der Waals surface area contributed by atoms with E-state index >= 15 is 0 Å². The van der Waals surface area contributed by atoms with Crippen molar-refractivity contribution < 1.29 is 4.74 Å². The largest absolute Gasteiger partial charge is 0.487 e. The molecule has 0 fully saturated rings. The fourth-order valence-corrected chi connectivity index (χ4v) is 7.03. The number of benzene rings is 3. The molecule has 39 heavy (non-hydrogen) atoms. The summed E-state index contributed by atoms with van der Waals surface area (Å²) in [6, 6.07) is 19.8. The van der Waals surface area contributed by atoms with Gasteiger partial charge in [-0.15, -0.1) is 11.3 Å². The first-order chi connectivity index (χ1) is 19.0. The van der Waals surface area contributed by atoms with Crippen molar-refractivity contribution in [3.63, 3.8) is 0 Å². The molecular weight excluding hydrogens is 500 g/mol. The van der Waals surface area contributed by atoms with Crippen LogP contribution in [0.3, 0.4) is 0 Å². The van der Waals surface area contributed by atoms with Gasteiger partial charge in [-0.2, -0.15) is 0 Å². The molecule has 0 aliphatic carbocycles. The molecular formula is C33H28N4OS. The summed E-state index contributed by atoms with van der Waals surface area (Å²) in [5, 5.41) is 4.59. The van der Waals surface area contributed by atoms with Crippen LogP contribution in [0.15, 0.2) is 60.8 Å². The smallest absolute Gasteiger partial charge is 0.146 e. The number of rotatable bonds is 3. The molecule has 1 aliphatic heterocycles. The highest BCUT2D eigenvalue weighted by Crippen LogP contribution is 2.47. The quantitative estimate of drug-likeness (QED) is 0.225. The third kappa shape index (κ3) is 3.31. The van der Waals surface area contributed by atoms with Gasteiger partial charge in [0.05, 0.1) is 26.9 Å². The van der Waals surface area contributed by atoms with Gasteiger partial charge in [0.25, 0.3) is 0 Å². The summed E-state index contributed by atoms with van der Waals surface area (Å²) >= 11 is 1.80. The fraction of sp³-hybridized carbons (Fsp3) is 0.212. The Morgan fingerprint density at radius 1 is 0.872 bits per heavy atom. The van der Waals surface area contributed by atoms with E-state index in [-0.39, 0.29) is 0 Å². The Morgan fingerprint density at radius 3 is 2.62 bits per heavy atom. The van der Waals surface area contributed by atoms with E-state index in [1.165, 1.54) is 37.5 Å². The van der Waals surface area contributed by atoms with E-state index in [0.717, 1.165) is 49.8 Å². The Balaban J connectivity index is 1.31. The monoisotopic (exact) mass is 528 g/mol. The highest BCUT2D eigenvalue weighted by molar-refractivity contribution is 7.22. The van der Waals surface area contributed by atoms with E-state index in [4.69, 9.17) is 14.7 Å². The molecule has 0 unspecified atom stereocenters. The minimum absolute atomic E-state index is 0.323. The summed E-state index contributed by atoms with van der Waals surface area (Å²) in [7, 11) is 0. The average Bonchev–Trinajstić information content (AvgIpc) is 3.69. The number of aromatic amines is 2. The van der Waals surface area contributed by atoms with Gasteiger partial charge in [0, 0.05) is 50.0 Å². The SMILES string of the molecule is CC(C)c1cc2c([nH]1)-c1ccc3cc(-c4ccc5c(c4)c4ncccc4c4nc(C(C)C)[nH]c54)sc3c1OC2. The molecule has 6 heteroatoms. The summed E-state index contributed by atoms with van der Waals surface area (Å²) in [5.41, 5.74) is 9.11. The molecule has 4 aromatic heterocycles. The highest BCUT2D eigenvalue weighted by atomic mass is 32.1. The van der Waals surface area contributed by atoms with Gasteiger partial charge >= 0.3 is 0 Å². The zero-order valence-electron chi connectivity index (χ0n) is 22.3. The van der Waals surface area contributed by atoms with E-state index in [2.05, 4.69) is 86.2 Å². The topological polar surface area (TPSA) is 66.6 Å². The molecule has 0 saturated heterocycles. The first-order valence-electron chi connectivity index (χ1n) is 13.6. The second kappa shape index (κ2) is 8.17. The van der Waals surface area contributed by atoms with Crippen molar-refractivity contribution in [1.29, 1.82) is 0 Å². The Labute approximate surface area is 229 Å². The standard InChI is InChI=1S/C33H28N4OS/c1-16(2)25-13-20-15-38-31-23(27(20)35-25)10-8-19-14-26(39-32(19)31)18-7-9-21-24(12-18)28-22(6-5-11-34-28)30-29(21)36-33(37-30)17(3)4/h5-14,16-17,35H,15H2,1-4H3,(H,36,37). The molecule has 0 bridgehead atoms. The average molecular weight is 529 g/mol. The van der Waals surface area contributed by atoms with E-state index < -0.39 is 0 Å². The van der Waals surface area contributed by atoms with Crippen LogP contribution < -0.4 is 4.74 Å². The minimum Gasteiger partial charge on any atom is -0.487 e. The maximum Gasteiger partial charge on any atom is 0.146 e. The summed E-state index contributed by atoms with van der Waals surface area (Å²) in [4.78, 5) is 18.3. The molecule has 0 saturated carbocycles. The van der Waals surface area contributed by atoms with Gasteiger partial charge in [0.1, 0.15) is 18.2 Å². The number of hydrogen-bond acceptors (Lipinski definition) is 4. The van der Waals surface area contributed by atoms with Crippen LogP contribution in [0.25, 0.3) is 64.5 Å². The van der Waals surface area contributed by atoms with Crippen molar-refractivity contribution in [2.75, 3.05) is 0 Å². The third-order valence-corrected chi connectivity index (χ3v) is 9.18. The zero-order valence-corrected chi connectivity index (χ0v) is 23.2. The van der Waals surface area contributed by atoms with E-state index in [1.54, 1.807) is 11.3 Å². The third-order valence-electron chi connectivity index (χ3n) is 7.99. The molecule has 5 nitrogen and oxygen atoms in total. The van der Waals surface area contributed by atoms with Crippen molar-refractivity contribution in [2.24, 2.45) is 0 Å². The second-order valence-electron chi connectivity index (χ2n) is 11.2. The van der Waals surface area contributed by atoms with Crippen LogP contribution in [-0.4, -0.2) is 19.9 Å². The lowest BCUT2D eigenvalue weighted by molar-refractivity contribution is 0.306. The first-order valence-corrected chi connectivity index (χ1v) is 14.4. The molecule has 0 amide bonds. The number of thiophene rings is 1. The molecule has 8 rings (SSSR count). The van der Waals surface area contributed by atoms with Crippen LogP contribution >= 0.6 is 11.3 Å². The lowest BCUT2D eigenvalue weighted by Crippen LogP contribution is -2.03. The van der Waals surface area contributed by atoms with Crippen LogP contribution in [-0.2, 0) is 6.61 Å². The number of fused-ring (bicyclic) bond motifs is 11. The van der Waals surface area contributed by atoms with E-state index in [0.29, 0.717) is 18.4 Å². The molecule has 0 radical (unpaired) electrons. The summed E-state index contributed by atoms with van der Waals surface area (Å²) < 4.78 is 7.57. The van der Waals surface area contributed by atoms with Crippen molar-refractivity contribution in [3.05, 3.63) is 77.9 Å². The maximum atomic E-state index is 6.37. The Kier molecular flexibility index (Phi) is 4.77. The van der Waals surface area contributed by atoms with Gasteiger partial charge in [-0.1, -0.05) is 45.9 Å². The lowest BCUT2D eigenvalue weighted by Gasteiger charge is -2.18. The van der Waals surface area contributed by atoms with Gasteiger partial charge in [0.2, 0.25) is 0 Å². The van der Waals surface area contributed by atoms with Crippen LogP contribution in [0, 0.1) is 0 Å². The Bertz CT molecular complexity index is 2090. The van der Waals surface area contributed by atoms with Gasteiger partial charge in [0.15, 0.2) is 0 Å². The molecule has 1 aliphatic rings. The van der Waals surface area contributed by atoms with Crippen LogP contribution in [0.5, 0.6) is 5.75 Å². The molecule has 0 spiro atoms. The van der Waals surface area contributed by atoms with Gasteiger partial charge in [-0.3, -0.25) is 4.98 Å². The normalized spacial score (nSPS) is 13.2. The highest BCUT2D eigenvalue weighted by Gasteiger charge is 2.24. The number of pyridine rings is 1. The Hall–Kier alpha value is -4.16. The first kappa shape index (κ1) is 22.8. The number of nitrogens with one attached hydrogen (secondary N) is 2. The second-order valence-corrected chi connectivity index (χ2v) is 12.3. The van der Waals surface area contributed by atoms with Crippen LogP contribution in [0.1, 0.15) is 56.6 Å². The van der Waals surface area contributed by atoms with Crippen molar-refractivity contribution in [2.45, 2.75) is 46.1 Å². The van der Waals surface area contributed by atoms with Crippen LogP contribution in [0.2, 0.25) is 0 Å². The fourth-order valence-electron chi connectivity index (χ4n) is 5.87. The van der Waals surface area contributed by atoms with Gasteiger partial charge in [-0.05, 0) is 53.3 Å². The van der Waals surface area contributed by atoms with Crippen molar-refractivity contribution in [3.8, 4) is 27.4 Å².